The lowest BCUT2D eigenvalue weighted by atomic mass is 9.78. The molecule has 2 aliphatic heterocycles. The summed E-state index contributed by atoms with van der Waals surface area (Å²) in [5.74, 6) is -0.313. The Balaban J connectivity index is 1.58. The third kappa shape index (κ3) is 2.84. The van der Waals surface area contributed by atoms with E-state index in [0.29, 0.717) is 23.0 Å². The summed E-state index contributed by atoms with van der Waals surface area (Å²) in [7, 11) is 1.61. The molecule has 0 saturated carbocycles. The Morgan fingerprint density at radius 1 is 1.30 bits per heavy atom. The fourth-order valence-electron chi connectivity index (χ4n) is 3.79. The molecule has 27 heavy (non-hydrogen) atoms. The lowest BCUT2D eigenvalue weighted by Crippen LogP contribution is -2.31. The molecule has 2 fully saturated rings. The first-order valence-corrected chi connectivity index (χ1v) is 9.55. The summed E-state index contributed by atoms with van der Waals surface area (Å²) in [6.07, 6.45) is 0.293. The van der Waals surface area contributed by atoms with E-state index < -0.39 is 23.0 Å². The van der Waals surface area contributed by atoms with Crippen LogP contribution >= 0.6 is 11.3 Å². The van der Waals surface area contributed by atoms with E-state index in [1.807, 2.05) is 29.6 Å². The van der Waals surface area contributed by atoms with Gasteiger partial charge < -0.3 is 19.5 Å². The molecule has 7 nitrogen and oxygen atoms in total. The minimum atomic E-state index is -1.21. The Bertz CT molecular complexity index is 913. The van der Waals surface area contributed by atoms with E-state index in [9.17, 15) is 9.59 Å². The number of nitrogens with one attached hydrogen (secondary N) is 1. The molecular weight excluding hydrogens is 368 g/mol. The third-order valence-electron chi connectivity index (χ3n) is 5.08. The summed E-state index contributed by atoms with van der Waals surface area (Å²) in [5, 5.41) is 5.71. The number of cyclic esters (lactones) is 2. The van der Waals surface area contributed by atoms with Gasteiger partial charge in [0.2, 0.25) is 0 Å². The first-order chi connectivity index (χ1) is 12.9. The van der Waals surface area contributed by atoms with Gasteiger partial charge in [0.15, 0.2) is 16.1 Å². The van der Waals surface area contributed by atoms with Crippen molar-refractivity contribution in [2.45, 2.75) is 38.4 Å². The van der Waals surface area contributed by atoms with Crippen molar-refractivity contribution in [3.05, 3.63) is 35.3 Å². The number of esters is 2. The highest BCUT2D eigenvalue weighted by atomic mass is 32.1. The highest BCUT2D eigenvalue weighted by Gasteiger charge is 2.65. The maximum absolute atomic E-state index is 12.5. The van der Waals surface area contributed by atoms with Gasteiger partial charge in [-0.2, -0.15) is 0 Å². The fraction of sp³-hybridized carbons (Fsp3) is 0.421. The zero-order valence-corrected chi connectivity index (χ0v) is 16.1. The number of nitrogens with zero attached hydrogens (tertiary/aromatic N) is 1. The number of aromatic nitrogens is 1. The van der Waals surface area contributed by atoms with Crippen LogP contribution in [0.3, 0.4) is 0 Å². The summed E-state index contributed by atoms with van der Waals surface area (Å²) >= 11 is 1.40. The molecule has 2 aromatic rings. The monoisotopic (exact) mass is 388 g/mol. The second kappa shape index (κ2) is 6.23. The van der Waals surface area contributed by atoms with Crippen LogP contribution in [-0.2, 0) is 24.7 Å². The van der Waals surface area contributed by atoms with Gasteiger partial charge in [0, 0.05) is 18.2 Å². The second-order valence-corrected chi connectivity index (χ2v) is 8.02. The van der Waals surface area contributed by atoms with Crippen molar-refractivity contribution < 1.29 is 23.8 Å². The summed E-state index contributed by atoms with van der Waals surface area (Å²) in [6.45, 7) is 3.57. The highest BCUT2D eigenvalue weighted by Crippen LogP contribution is 2.52. The van der Waals surface area contributed by atoms with Gasteiger partial charge in [0.05, 0.1) is 18.5 Å². The molecule has 1 N–H and O–H groups in total. The Labute approximate surface area is 160 Å². The molecule has 0 aliphatic carbocycles. The summed E-state index contributed by atoms with van der Waals surface area (Å²) in [4.78, 5) is 29.4. The molecule has 1 aromatic carbocycles. The molecule has 0 radical (unpaired) electrons. The summed E-state index contributed by atoms with van der Waals surface area (Å²) in [6, 6.07) is 7.53. The van der Waals surface area contributed by atoms with E-state index in [1.54, 1.807) is 21.0 Å². The molecular formula is C19H20N2O5S. The van der Waals surface area contributed by atoms with Gasteiger partial charge in [0.1, 0.15) is 11.9 Å². The van der Waals surface area contributed by atoms with Crippen molar-refractivity contribution >= 4 is 34.1 Å². The largest absolute Gasteiger partial charge is 0.495 e. The van der Waals surface area contributed by atoms with Crippen LogP contribution in [0.5, 0.6) is 5.75 Å². The Kier molecular flexibility index (Phi) is 4.10. The molecule has 1 spiro atoms. The quantitative estimate of drug-likeness (QED) is 0.635. The molecule has 8 heteroatoms. The second-order valence-electron chi connectivity index (χ2n) is 7.16. The van der Waals surface area contributed by atoms with Crippen LogP contribution in [-0.4, -0.2) is 30.1 Å². The van der Waals surface area contributed by atoms with Crippen LogP contribution in [0.4, 0.5) is 10.8 Å². The zero-order valence-electron chi connectivity index (χ0n) is 15.3. The topological polar surface area (TPSA) is 86.8 Å². The Morgan fingerprint density at radius 2 is 2.07 bits per heavy atom. The van der Waals surface area contributed by atoms with E-state index >= 15 is 0 Å². The minimum Gasteiger partial charge on any atom is -0.495 e. The van der Waals surface area contributed by atoms with Crippen LogP contribution < -0.4 is 10.1 Å². The van der Waals surface area contributed by atoms with Gasteiger partial charge in [-0.05, 0) is 26.0 Å². The predicted octanol–water partition coefficient (Wildman–Crippen LogP) is 3.38. The lowest BCUT2D eigenvalue weighted by Gasteiger charge is -2.20. The number of anilines is 2. The number of carbonyl (C=O) groups excluding carboxylic acids is 2. The Hall–Kier alpha value is -2.61. The van der Waals surface area contributed by atoms with Gasteiger partial charge in [-0.15, -0.1) is 11.3 Å². The maximum atomic E-state index is 12.5. The number of benzene rings is 1. The number of hydrogen-bond donors (Lipinski definition) is 1. The van der Waals surface area contributed by atoms with Gasteiger partial charge in [0.25, 0.3) is 0 Å². The van der Waals surface area contributed by atoms with E-state index in [4.69, 9.17) is 14.2 Å². The van der Waals surface area contributed by atoms with Gasteiger partial charge in [-0.25, -0.2) is 4.98 Å². The van der Waals surface area contributed by atoms with Crippen molar-refractivity contribution in [3.63, 3.8) is 0 Å². The number of hydrogen-bond acceptors (Lipinski definition) is 8. The van der Waals surface area contributed by atoms with Gasteiger partial charge in [-0.3, -0.25) is 9.59 Å². The van der Waals surface area contributed by atoms with E-state index in [-0.39, 0.29) is 12.5 Å². The Morgan fingerprint density at radius 3 is 2.78 bits per heavy atom. The summed E-state index contributed by atoms with van der Waals surface area (Å²) < 4.78 is 16.2. The first-order valence-electron chi connectivity index (χ1n) is 8.67. The molecule has 3 atom stereocenters. The standard InChI is InChI=1S/C19H20N2O5S/c1-11-8-19(15(22)25-11)10-18(2,26-16(19)23)14-9-27-17(21-14)20-12-6-4-5-7-13(12)24-3/h4-7,9,11H,8,10H2,1-3H3,(H,20,21)/t11-,18+,19+/m1/s1. The molecule has 3 heterocycles. The molecule has 2 aliphatic rings. The lowest BCUT2D eigenvalue weighted by molar-refractivity contribution is -0.160. The molecule has 2 saturated heterocycles. The third-order valence-corrected chi connectivity index (χ3v) is 5.83. The van der Waals surface area contributed by atoms with Crippen molar-refractivity contribution in [3.8, 4) is 5.75 Å². The number of thiazole rings is 1. The number of carbonyl (C=O) groups is 2. The molecule has 4 rings (SSSR count). The zero-order chi connectivity index (χ0) is 19.2. The van der Waals surface area contributed by atoms with Crippen LogP contribution in [0, 0.1) is 5.41 Å². The predicted molar refractivity (Wildman–Crippen MR) is 99.1 cm³/mol. The summed E-state index contributed by atoms with van der Waals surface area (Å²) in [5.41, 5.74) is -0.771. The fourth-order valence-corrected chi connectivity index (χ4v) is 4.63. The van der Waals surface area contributed by atoms with Gasteiger partial charge >= 0.3 is 11.9 Å². The van der Waals surface area contributed by atoms with E-state index in [2.05, 4.69) is 10.3 Å². The minimum absolute atomic E-state index is 0.236. The van der Waals surface area contributed by atoms with Crippen molar-refractivity contribution in [1.82, 2.24) is 4.98 Å². The van der Waals surface area contributed by atoms with E-state index in [1.165, 1.54) is 11.3 Å². The number of ether oxygens (including phenoxy) is 3. The highest BCUT2D eigenvalue weighted by molar-refractivity contribution is 7.13. The van der Waals surface area contributed by atoms with Crippen molar-refractivity contribution in [2.75, 3.05) is 12.4 Å². The van der Waals surface area contributed by atoms with Crippen LogP contribution in [0.15, 0.2) is 29.6 Å². The molecule has 1 aromatic heterocycles. The normalized spacial score (nSPS) is 29.7. The SMILES string of the molecule is COc1ccccc1Nc1nc([C@]2(C)C[C@]3(C[C@@H](C)OC3=O)C(=O)O2)cs1. The van der Waals surface area contributed by atoms with Crippen LogP contribution in [0.2, 0.25) is 0 Å². The average molecular weight is 388 g/mol. The molecule has 0 unspecified atom stereocenters. The number of para-hydroxylation sites is 2. The van der Waals surface area contributed by atoms with Gasteiger partial charge in [-0.1, -0.05) is 12.1 Å². The van der Waals surface area contributed by atoms with Crippen molar-refractivity contribution in [1.29, 1.82) is 0 Å². The molecule has 142 valence electrons. The number of methoxy groups -OCH3 is 1. The number of rotatable bonds is 4. The first kappa shape index (κ1) is 17.8. The molecule has 0 bridgehead atoms. The average Bonchev–Trinajstić information content (AvgIpc) is 3.27. The van der Waals surface area contributed by atoms with E-state index in [0.717, 1.165) is 5.69 Å². The van der Waals surface area contributed by atoms with Crippen molar-refractivity contribution in [2.24, 2.45) is 5.41 Å². The smallest absolute Gasteiger partial charge is 0.324 e. The van der Waals surface area contributed by atoms with Crippen LogP contribution in [0.1, 0.15) is 32.4 Å². The van der Waals surface area contributed by atoms with Crippen LogP contribution in [0.25, 0.3) is 0 Å². The molecule has 0 amide bonds. The maximum Gasteiger partial charge on any atom is 0.324 e.